The molecule has 0 aromatic heterocycles. The number of aryl methyl sites for hydroxylation is 1. The van der Waals surface area contributed by atoms with Crippen LogP contribution in [-0.4, -0.2) is 48.7 Å². The van der Waals surface area contributed by atoms with Gasteiger partial charge in [0.15, 0.2) is 11.5 Å². The summed E-state index contributed by atoms with van der Waals surface area (Å²) in [4.78, 5) is 24.5. The first kappa shape index (κ1) is 19.1. The quantitative estimate of drug-likeness (QED) is 0.856. The molecule has 7 heteroatoms. The highest BCUT2D eigenvalue weighted by Gasteiger charge is 2.30. The monoisotopic (exact) mass is 343 g/mol. The summed E-state index contributed by atoms with van der Waals surface area (Å²) in [5.74, 6) is -0.113. The minimum absolute atomic E-state index is 0. The largest absolute Gasteiger partial charge is 0.493 e. The minimum atomic E-state index is -0.837. The van der Waals surface area contributed by atoms with E-state index in [1.165, 1.54) is 0 Å². The lowest BCUT2D eigenvalue weighted by atomic mass is 10.1. The van der Waals surface area contributed by atoms with Gasteiger partial charge in [0, 0.05) is 13.1 Å². The predicted octanol–water partition coefficient (Wildman–Crippen LogP) is 2.13. The van der Waals surface area contributed by atoms with E-state index in [-0.39, 0.29) is 31.3 Å². The molecular formula is C16H22ClNO5. The Labute approximate surface area is 141 Å². The van der Waals surface area contributed by atoms with Gasteiger partial charge in [0.25, 0.3) is 0 Å². The molecule has 23 heavy (non-hydrogen) atoms. The molecule has 128 valence electrons. The van der Waals surface area contributed by atoms with Crippen molar-refractivity contribution in [1.29, 1.82) is 0 Å². The second-order valence-electron chi connectivity index (χ2n) is 5.42. The van der Waals surface area contributed by atoms with Crippen LogP contribution in [0.25, 0.3) is 0 Å². The van der Waals surface area contributed by atoms with Crippen molar-refractivity contribution in [3.63, 3.8) is 0 Å². The number of benzene rings is 1. The molecule has 1 saturated heterocycles. The molecule has 0 saturated carbocycles. The molecule has 1 N–H and O–H groups in total. The van der Waals surface area contributed by atoms with E-state index in [0.29, 0.717) is 31.0 Å². The fourth-order valence-electron chi connectivity index (χ4n) is 2.49. The number of carboxylic acids is 1. The van der Waals surface area contributed by atoms with Crippen LogP contribution >= 0.6 is 12.4 Å². The summed E-state index contributed by atoms with van der Waals surface area (Å²) in [6.07, 6.45) is 0.747. The van der Waals surface area contributed by atoms with E-state index in [4.69, 9.17) is 14.6 Å². The summed E-state index contributed by atoms with van der Waals surface area (Å²) in [6, 6.07) is 5.60. The molecule has 0 bridgehead atoms. The molecule has 6 nitrogen and oxygen atoms in total. The van der Waals surface area contributed by atoms with E-state index < -0.39 is 11.9 Å². The number of aliphatic carboxylic acids is 1. The third-order valence-corrected chi connectivity index (χ3v) is 3.78. The number of ether oxygens (including phenoxy) is 2. The fourth-order valence-corrected chi connectivity index (χ4v) is 2.49. The smallest absolute Gasteiger partial charge is 0.308 e. The maximum Gasteiger partial charge on any atom is 0.308 e. The molecule has 1 amide bonds. The fraction of sp³-hybridized carbons (Fsp3) is 0.500. The molecule has 1 aromatic rings. The second-order valence-corrected chi connectivity index (χ2v) is 5.42. The van der Waals surface area contributed by atoms with Gasteiger partial charge in [-0.2, -0.15) is 0 Å². The topological polar surface area (TPSA) is 76.1 Å². The standard InChI is InChI=1S/C16H21NO5.ClH/c1-11-3-4-13(14(9-11)21-2)22-8-6-15(18)17-7-5-12(10-17)16(19)20;/h3-4,9,12H,5-8,10H2,1-2H3,(H,19,20);1H. The Morgan fingerprint density at radius 1 is 1.35 bits per heavy atom. The number of halogens is 1. The molecule has 1 aromatic carbocycles. The van der Waals surface area contributed by atoms with Crippen molar-refractivity contribution in [3.8, 4) is 11.5 Å². The molecule has 0 spiro atoms. The average Bonchev–Trinajstić information content (AvgIpc) is 2.98. The SMILES string of the molecule is COc1cc(C)ccc1OCCC(=O)N1CCC(C(=O)O)C1.Cl. The molecule has 1 unspecified atom stereocenters. The van der Waals surface area contributed by atoms with Gasteiger partial charge in [-0.25, -0.2) is 0 Å². The minimum Gasteiger partial charge on any atom is -0.493 e. The van der Waals surface area contributed by atoms with Crippen LogP contribution in [0.3, 0.4) is 0 Å². The summed E-state index contributed by atoms with van der Waals surface area (Å²) in [7, 11) is 1.57. The van der Waals surface area contributed by atoms with Crippen LogP contribution in [0, 0.1) is 12.8 Å². The molecule has 1 aliphatic heterocycles. The zero-order valence-electron chi connectivity index (χ0n) is 13.3. The first-order valence-electron chi connectivity index (χ1n) is 7.29. The maximum atomic E-state index is 12.0. The molecule has 1 fully saturated rings. The zero-order valence-corrected chi connectivity index (χ0v) is 14.1. The van der Waals surface area contributed by atoms with E-state index in [2.05, 4.69) is 0 Å². The lowest BCUT2D eigenvalue weighted by Crippen LogP contribution is -2.30. The van der Waals surface area contributed by atoms with Crippen LogP contribution in [0.4, 0.5) is 0 Å². The van der Waals surface area contributed by atoms with Gasteiger partial charge in [-0.3, -0.25) is 9.59 Å². The molecule has 0 aliphatic carbocycles. The normalized spacial score (nSPS) is 16.6. The Balaban J connectivity index is 0.00000264. The Kier molecular flexibility index (Phi) is 7.16. The first-order valence-corrected chi connectivity index (χ1v) is 7.29. The molecular weight excluding hydrogens is 322 g/mol. The van der Waals surface area contributed by atoms with Crippen molar-refractivity contribution in [2.45, 2.75) is 19.8 Å². The lowest BCUT2D eigenvalue weighted by Gasteiger charge is -2.16. The first-order chi connectivity index (χ1) is 10.5. The number of carbonyl (C=O) groups is 2. The number of nitrogens with zero attached hydrogens (tertiary/aromatic N) is 1. The molecule has 1 aliphatic rings. The van der Waals surface area contributed by atoms with Gasteiger partial charge >= 0.3 is 5.97 Å². The highest BCUT2D eigenvalue weighted by Crippen LogP contribution is 2.28. The van der Waals surface area contributed by atoms with E-state index >= 15 is 0 Å². The van der Waals surface area contributed by atoms with Crippen molar-refractivity contribution in [2.75, 3.05) is 26.8 Å². The van der Waals surface area contributed by atoms with Crippen molar-refractivity contribution in [1.82, 2.24) is 4.90 Å². The van der Waals surface area contributed by atoms with Gasteiger partial charge in [0.1, 0.15) is 0 Å². The number of hydrogen-bond donors (Lipinski definition) is 1. The molecule has 1 heterocycles. The van der Waals surface area contributed by atoms with Gasteiger partial charge < -0.3 is 19.5 Å². The van der Waals surface area contributed by atoms with Crippen LogP contribution < -0.4 is 9.47 Å². The summed E-state index contributed by atoms with van der Waals surface area (Å²) in [6.45, 7) is 3.00. The van der Waals surface area contributed by atoms with Crippen molar-refractivity contribution in [3.05, 3.63) is 23.8 Å². The number of carboxylic acid groups (broad SMARTS) is 1. The van der Waals surface area contributed by atoms with Crippen molar-refractivity contribution in [2.24, 2.45) is 5.92 Å². The third-order valence-electron chi connectivity index (χ3n) is 3.78. The number of hydrogen-bond acceptors (Lipinski definition) is 4. The Bertz CT molecular complexity index is 563. The summed E-state index contributed by atoms with van der Waals surface area (Å²) in [5, 5.41) is 8.94. The molecule has 1 atom stereocenters. The highest BCUT2D eigenvalue weighted by molar-refractivity contribution is 5.85. The van der Waals surface area contributed by atoms with E-state index in [0.717, 1.165) is 5.56 Å². The number of carbonyl (C=O) groups excluding carboxylic acids is 1. The van der Waals surface area contributed by atoms with Gasteiger partial charge in [-0.05, 0) is 31.0 Å². The molecule has 0 radical (unpaired) electrons. The number of likely N-dealkylation sites (tertiary alicyclic amines) is 1. The lowest BCUT2D eigenvalue weighted by molar-refractivity contribution is -0.141. The van der Waals surface area contributed by atoms with Crippen molar-refractivity contribution < 1.29 is 24.2 Å². The Morgan fingerprint density at radius 3 is 2.70 bits per heavy atom. The van der Waals surface area contributed by atoms with E-state index in [1.807, 2.05) is 25.1 Å². The summed E-state index contributed by atoms with van der Waals surface area (Å²) >= 11 is 0. The summed E-state index contributed by atoms with van der Waals surface area (Å²) < 4.78 is 10.8. The van der Waals surface area contributed by atoms with Crippen LogP contribution in [0.2, 0.25) is 0 Å². The van der Waals surface area contributed by atoms with Gasteiger partial charge in [0.05, 0.1) is 26.1 Å². The van der Waals surface area contributed by atoms with Crippen LogP contribution in [0.15, 0.2) is 18.2 Å². The number of methoxy groups -OCH3 is 1. The van der Waals surface area contributed by atoms with Gasteiger partial charge in [-0.15, -0.1) is 12.4 Å². The highest BCUT2D eigenvalue weighted by atomic mass is 35.5. The summed E-state index contributed by atoms with van der Waals surface area (Å²) in [5.41, 5.74) is 1.07. The van der Waals surface area contributed by atoms with E-state index in [9.17, 15) is 9.59 Å². The Hall–Kier alpha value is -1.95. The molecule has 2 rings (SSSR count). The van der Waals surface area contributed by atoms with Crippen LogP contribution in [0.5, 0.6) is 11.5 Å². The number of amides is 1. The van der Waals surface area contributed by atoms with Crippen LogP contribution in [0.1, 0.15) is 18.4 Å². The predicted molar refractivity (Wildman–Crippen MR) is 87.4 cm³/mol. The third kappa shape index (κ3) is 5.03. The van der Waals surface area contributed by atoms with Gasteiger partial charge in [-0.1, -0.05) is 6.07 Å². The maximum absolute atomic E-state index is 12.0. The van der Waals surface area contributed by atoms with E-state index in [1.54, 1.807) is 12.0 Å². The number of rotatable bonds is 6. The van der Waals surface area contributed by atoms with Crippen molar-refractivity contribution >= 4 is 24.3 Å². The Morgan fingerprint density at radius 2 is 2.09 bits per heavy atom. The second kappa shape index (κ2) is 8.62. The average molecular weight is 344 g/mol. The van der Waals surface area contributed by atoms with Gasteiger partial charge in [0.2, 0.25) is 5.91 Å². The zero-order chi connectivity index (χ0) is 16.1. The van der Waals surface area contributed by atoms with Crippen LogP contribution in [-0.2, 0) is 9.59 Å².